The molecule has 6 heteroatoms. The molecule has 0 aromatic rings. The minimum atomic E-state index is -0.555. The Balaban J connectivity index is 1.84. The van der Waals surface area contributed by atoms with E-state index in [2.05, 4.69) is 10.6 Å². The van der Waals surface area contributed by atoms with Gasteiger partial charge in [0.15, 0.2) is 0 Å². The zero-order chi connectivity index (χ0) is 14.8. The molecule has 0 heterocycles. The van der Waals surface area contributed by atoms with Gasteiger partial charge in [-0.15, -0.1) is 0 Å². The highest BCUT2D eigenvalue weighted by Crippen LogP contribution is 2.18. The number of rotatable bonds is 12. The number of aliphatic hydroxyl groups is 1. The van der Waals surface area contributed by atoms with Gasteiger partial charge >= 0.3 is 0 Å². The van der Waals surface area contributed by atoms with Gasteiger partial charge in [-0.3, -0.25) is 4.79 Å². The normalized spacial score (nSPS) is 16.4. The van der Waals surface area contributed by atoms with Gasteiger partial charge in [0, 0.05) is 25.6 Å². The van der Waals surface area contributed by atoms with Gasteiger partial charge in [-0.1, -0.05) is 0 Å². The van der Waals surface area contributed by atoms with Crippen LogP contribution in [0, 0.1) is 0 Å². The number of hydrogen-bond donors (Lipinski definition) is 3. The van der Waals surface area contributed by atoms with Crippen molar-refractivity contribution in [2.24, 2.45) is 0 Å². The summed E-state index contributed by atoms with van der Waals surface area (Å²) in [4.78, 5) is 11.4. The fourth-order valence-corrected chi connectivity index (χ4v) is 1.62. The minimum Gasteiger partial charge on any atom is -0.389 e. The van der Waals surface area contributed by atoms with E-state index in [9.17, 15) is 9.90 Å². The van der Waals surface area contributed by atoms with Crippen LogP contribution in [0.15, 0.2) is 0 Å². The minimum absolute atomic E-state index is 0.0802. The summed E-state index contributed by atoms with van der Waals surface area (Å²) >= 11 is 0. The molecular formula is C14H28N2O4. The molecule has 1 rings (SSSR count). The van der Waals surface area contributed by atoms with Crippen LogP contribution >= 0.6 is 0 Å². The predicted molar refractivity (Wildman–Crippen MR) is 76.6 cm³/mol. The first-order valence-corrected chi connectivity index (χ1v) is 7.45. The molecule has 20 heavy (non-hydrogen) atoms. The third-order valence-corrected chi connectivity index (χ3v) is 2.84. The zero-order valence-corrected chi connectivity index (χ0v) is 12.6. The fraction of sp³-hybridized carbons (Fsp3) is 0.929. The standard InChI is InChI=1S/C14H28N2O4/c1-11(2)20-8-7-19-10-13(17)9-15-6-5-14(18)16-12-3-4-12/h11-13,15,17H,3-10H2,1-2H3,(H,16,18). The summed E-state index contributed by atoms with van der Waals surface area (Å²) in [6, 6.07) is 0.412. The van der Waals surface area contributed by atoms with Gasteiger partial charge in [0.1, 0.15) is 0 Å². The molecule has 1 amide bonds. The Morgan fingerprint density at radius 2 is 2.10 bits per heavy atom. The lowest BCUT2D eigenvalue weighted by atomic mass is 10.3. The molecule has 1 saturated carbocycles. The van der Waals surface area contributed by atoms with Crippen molar-refractivity contribution in [2.75, 3.05) is 32.9 Å². The van der Waals surface area contributed by atoms with Crippen LogP contribution in [0.25, 0.3) is 0 Å². The smallest absolute Gasteiger partial charge is 0.221 e. The summed E-state index contributed by atoms with van der Waals surface area (Å²) in [5.74, 6) is 0.0802. The molecule has 0 bridgehead atoms. The Morgan fingerprint density at radius 3 is 2.75 bits per heavy atom. The van der Waals surface area contributed by atoms with Crippen molar-refractivity contribution in [1.29, 1.82) is 0 Å². The largest absolute Gasteiger partial charge is 0.389 e. The van der Waals surface area contributed by atoms with Crippen molar-refractivity contribution in [1.82, 2.24) is 10.6 Å². The van der Waals surface area contributed by atoms with Crippen LogP contribution in [0.3, 0.4) is 0 Å². The summed E-state index contributed by atoms with van der Waals surface area (Å²) in [5.41, 5.74) is 0. The summed E-state index contributed by atoms with van der Waals surface area (Å²) in [6.07, 6.45) is 2.31. The molecule has 0 radical (unpaired) electrons. The van der Waals surface area contributed by atoms with Crippen molar-refractivity contribution >= 4 is 5.91 Å². The topological polar surface area (TPSA) is 79.8 Å². The van der Waals surface area contributed by atoms with E-state index >= 15 is 0 Å². The molecule has 1 unspecified atom stereocenters. The lowest BCUT2D eigenvalue weighted by Gasteiger charge is -2.13. The molecule has 1 atom stereocenters. The lowest BCUT2D eigenvalue weighted by molar-refractivity contribution is -0.121. The van der Waals surface area contributed by atoms with Gasteiger partial charge in [-0.05, 0) is 26.7 Å². The van der Waals surface area contributed by atoms with Crippen LogP contribution in [0.1, 0.15) is 33.1 Å². The second-order valence-electron chi connectivity index (χ2n) is 5.44. The highest BCUT2D eigenvalue weighted by Gasteiger charge is 2.22. The van der Waals surface area contributed by atoms with E-state index in [1.807, 2.05) is 13.8 Å². The van der Waals surface area contributed by atoms with Gasteiger partial charge < -0.3 is 25.2 Å². The van der Waals surface area contributed by atoms with Gasteiger partial charge in [-0.2, -0.15) is 0 Å². The first-order chi connectivity index (χ1) is 9.58. The average Bonchev–Trinajstić information content (AvgIpc) is 3.17. The highest BCUT2D eigenvalue weighted by atomic mass is 16.5. The van der Waals surface area contributed by atoms with Crippen molar-refractivity contribution in [3.63, 3.8) is 0 Å². The third-order valence-electron chi connectivity index (χ3n) is 2.84. The van der Waals surface area contributed by atoms with E-state index in [1.165, 1.54) is 0 Å². The van der Waals surface area contributed by atoms with E-state index in [0.29, 0.717) is 38.8 Å². The van der Waals surface area contributed by atoms with E-state index in [-0.39, 0.29) is 18.6 Å². The van der Waals surface area contributed by atoms with E-state index in [1.54, 1.807) is 0 Å². The van der Waals surface area contributed by atoms with E-state index in [4.69, 9.17) is 9.47 Å². The molecule has 0 aliphatic heterocycles. The predicted octanol–water partition coefficient (Wildman–Crippen LogP) is 0.0472. The van der Waals surface area contributed by atoms with Crippen LogP contribution in [-0.4, -0.2) is 62.2 Å². The van der Waals surface area contributed by atoms with Crippen molar-refractivity contribution < 1.29 is 19.4 Å². The molecule has 0 saturated heterocycles. The van der Waals surface area contributed by atoms with Crippen LogP contribution in [0.4, 0.5) is 0 Å². The fourth-order valence-electron chi connectivity index (χ4n) is 1.62. The molecule has 1 aliphatic rings. The molecule has 118 valence electrons. The lowest BCUT2D eigenvalue weighted by Crippen LogP contribution is -2.34. The van der Waals surface area contributed by atoms with Crippen LogP contribution in [-0.2, 0) is 14.3 Å². The molecule has 1 fully saturated rings. The second-order valence-corrected chi connectivity index (χ2v) is 5.44. The molecule has 0 aromatic heterocycles. The number of ether oxygens (including phenoxy) is 2. The number of carbonyl (C=O) groups is 1. The Hall–Kier alpha value is -0.690. The summed E-state index contributed by atoms with van der Waals surface area (Å²) in [5, 5.41) is 15.6. The monoisotopic (exact) mass is 288 g/mol. The number of aliphatic hydroxyl groups excluding tert-OH is 1. The van der Waals surface area contributed by atoms with Gasteiger partial charge in [0.25, 0.3) is 0 Å². The number of hydrogen-bond acceptors (Lipinski definition) is 5. The van der Waals surface area contributed by atoms with Gasteiger partial charge in [0.2, 0.25) is 5.91 Å². The number of carbonyl (C=O) groups excluding carboxylic acids is 1. The number of amides is 1. The SMILES string of the molecule is CC(C)OCCOCC(O)CNCCC(=O)NC1CC1. The Labute approximate surface area is 121 Å². The quantitative estimate of drug-likeness (QED) is 0.442. The molecule has 6 nitrogen and oxygen atoms in total. The Bertz CT molecular complexity index is 270. The van der Waals surface area contributed by atoms with Crippen LogP contribution in [0.2, 0.25) is 0 Å². The molecule has 1 aliphatic carbocycles. The first kappa shape index (κ1) is 17.4. The molecule has 3 N–H and O–H groups in total. The molecule has 0 spiro atoms. The third kappa shape index (κ3) is 10.1. The van der Waals surface area contributed by atoms with Gasteiger partial charge in [-0.25, -0.2) is 0 Å². The zero-order valence-electron chi connectivity index (χ0n) is 12.6. The van der Waals surface area contributed by atoms with Crippen molar-refractivity contribution in [2.45, 2.75) is 51.4 Å². The average molecular weight is 288 g/mol. The molecular weight excluding hydrogens is 260 g/mol. The summed E-state index contributed by atoms with van der Waals surface area (Å²) in [6.45, 7) is 6.25. The molecule has 0 aromatic carbocycles. The number of nitrogens with one attached hydrogen (secondary N) is 2. The summed E-state index contributed by atoms with van der Waals surface area (Å²) in [7, 11) is 0. The Morgan fingerprint density at radius 1 is 1.35 bits per heavy atom. The van der Waals surface area contributed by atoms with Gasteiger partial charge in [0.05, 0.1) is 32.0 Å². The van der Waals surface area contributed by atoms with Crippen molar-refractivity contribution in [3.8, 4) is 0 Å². The first-order valence-electron chi connectivity index (χ1n) is 7.45. The Kier molecular flexibility index (Phi) is 8.77. The van der Waals surface area contributed by atoms with E-state index < -0.39 is 6.10 Å². The maximum absolute atomic E-state index is 11.4. The highest BCUT2D eigenvalue weighted by molar-refractivity contribution is 5.76. The van der Waals surface area contributed by atoms with Crippen LogP contribution < -0.4 is 10.6 Å². The van der Waals surface area contributed by atoms with Crippen LogP contribution in [0.5, 0.6) is 0 Å². The van der Waals surface area contributed by atoms with E-state index in [0.717, 1.165) is 12.8 Å². The second kappa shape index (κ2) is 10.1. The maximum atomic E-state index is 11.4. The van der Waals surface area contributed by atoms with Crippen molar-refractivity contribution in [3.05, 3.63) is 0 Å². The maximum Gasteiger partial charge on any atom is 0.221 e. The summed E-state index contributed by atoms with van der Waals surface area (Å²) < 4.78 is 10.6.